The van der Waals surface area contributed by atoms with Crippen molar-refractivity contribution in [2.24, 2.45) is 0 Å². The number of para-hydroxylation sites is 1. The number of ether oxygens (including phenoxy) is 1. The first-order valence-corrected chi connectivity index (χ1v) is 7.90. The van der Waals surface area contributed by atoms with Gasteiger partial charge in [-0.15, -0.1) is 0 Å². The van der Waals surface area contributed by atoms with Crippen LogP contribution >= 0.6 is 0 Å². The number of nitrogens with zero attached hydrogens (tertiary/aromatic N) is 3. The molecule has 0 spiro atoms. The van der Waals surface area contributed by atoms with Crippen LogP contribution in [0.1, 0.15) is 16.2 Å². The summed E-state index contributed by atoms with van der Waals surface area (Å²) in [5.74, 6) is -0.121. The molecule has 4 aromatic rings. The van der Waals surface area contributed by atoms with E-state index >= 15 is 0 Å². The Morgan fingerprint density at radius 3 is 2.88 bits per heavy atom. The van der Waals surface area contributed by atoms with Crippen molar-refractivity contribution >= 4 is 16.9 Å². The Balaban J connectivity index is 1.69. The van der Waals surface area contributed by atoms with E-state index in [1.54, 1.807) is 18.3 Å². The quantitative estimate of drug-likeness (QED) is 0.525. The zero-order valence-corrected chi connectivity index (χ0v) is 13.8. The number of benzene rings is 2. The number of rotatable bonds is 4. The number of carbonyl (C=O) groups excluding carboxylic acids is 1. The van der Waals surface area contributed by atoms with E-state index in [2.05, 4.69) is 10.1 Å². The molecule has 0 atom stereocenters. The Bertz CT molecular complexity index is 1100. The van der Waals surface area contributed by atoms with Crippen LogP contribution in [-0.2, 0) is 11.3 Å². The third-order valence-electron chi connectivity index (χ3n) is 4.05. The van der Waals surface area contributed by atoms with Gasteiger partial charge < -0.3 is 13.8 Å². The molecule has 0 N–H and O–H groups in total. The molecule has 2 aromatic carbocycles. The second-order valence-corrected chi connectivity index (χ2v) is 5.70. The zero-order valence-electron chi connectivity index (χ0n) is 13.8. The third kappa shape index (κ3) is 2.83. The second-order valence-electron chi connectivity index (χ2n) is 5.70. The van der Waals surface area contributed by atoms with Gasteiger partial charge in [-0.05, 0) is 18.2 Å². The molecule has 6 nitrogen and oxygen atoms in total. The molecule has 0 aliphatic rings. The fourth-order valence-corrected chi connectivity index (χ4v) is 2.86. The van der Waals surface area contributed by atoms with Crippen molar-refractivity contribution in [2.75, 3.05) is 7.11 Å². The molecule has 0 fully saturated rings. The van der Waals surface area contributed by atoms with E-state index in [-0.39, 0.29) is 12.4 Å². The van der Waals surface area contributed by atoms with Crippen LogP contribution < -0.4 is 0 Å². The third-order valence-corrected chi connectivity index (χ3v) is 4.05. The van der Waals surface area contributed by atoms with Crippen molar-refractivity contribution < 1.29 is 18.4 Å². The van der Waals surface area contributed by atoms with Crippen LogP contribution in [0.25, 0.3) is 22.3 Å². The van der Waals surface area contributed by atoms with E-state index in [1.807, 2.05) is 28.8 Å². The number of aromatic nitrogens is 3. The van der Waals surface area contributed by atoms with E-state index in [9.17, 15) is 9.18 Å². The maximum Gasteiger partial charge on any atom is 0.340 e. The Labute approximate surface area is 147 Å². The van der Waals surface area contributed by atoms with Crippen LogP contribution in [0.2, 0.25) is 0 Å². The molecule has 2 aromatic heterocycles. The lowest BCUT2D eigenvalue weighted by molar-refractivity contribution is 0.0602. The van der Waals surface area contributed by atoms with Crippen molar-refractivity contribution in [2.45, 2.75) is 6.54 Å². The van der Waals surface area contributed by atoms with E-state index < -0.39 is 5.97 Å². The molecule has 7 heteroatoms. The summed E-state index contributed by atoms with van der Waals surface area (Å²) in [5, 5.41) is 4.69. The summed E-state index contributed by atoms with van der Waals surface area (Å²) in [7, 11) is 1.34. The van der Waals surface area contributed by atoms with Crippen molar-refractivity contribution in [3.05, 3.63) is 72.0 Å². The van der Waals surface area contributed by atoms with Crippen LogP contribution in [-0.4, -0.2) is 27.8 Å². The maximum absolute atomic E-state index is 13.4. The molecule has 0 aliphatic heterocycles. The van der Waals surface area contributed by atoms with Gasteiger partial charge in [-0.3, -0.25) is 0 Å². The van der Waals surface area contributed by atoms with E-state index in [1.165, 1.54) is 19.2 Å². The lowest BCUT2D eigenvalue weighted by Crippen LogP contribution is -2.01. The number of esters is 1. The predicted molar refractivity (Wildman–Crippen MR) is 92.1 cm³/mol. The van der Waals surface area contributed by atoms with Gasteiger partial charge in [-0.2, -0.15) is 4.98 Å². The summed E-state index contributed by atoms with van der Waals surface area (Å²) in [6.45, 7) is 0.278. The summed E-state index contributed by atoms with van der Waals surface area (Å²) in [6.07, 6.45) is 1.70. The van der Waals surface area contributed by atoms with Crippen molar-refractivity contribution in [1.29, 1.82) is 0 Å². The highest BCUT2D eigenvalue weighted by Gasteiger charge is 2.17. The molecule has 0 radical (unpaired) electrons. The van der Waals surface area contributed by atoms with Gasteiger partial charge in [0.15, 0.2) is 0 Å². The molecule has 0 saturated heterocycles. The molecule has 0 amide bonds. The standard InChI is InChI=1S/C19H14FN3O3/c1-25-19(24)15-10-23(16-8-3-2-7-14(15)16)11-17-21-18(22-26-17)12-5-4-6-13(20)9-12/h2-10H,11H2,1H3. The van der Waals surface area contributed by atoms with Gasteiger partial charge in [-0.1, -0.05) is 35.5 Å². The first-order valence-electron chi connectivity index (χ1n) is 7.90. The summed E-state index contributed by atoms with van der Waals surface area (Å²) in [5.41, 5.74) is 1.85. The Morgan fingerprint density at radius 1 is 1.23 bits per heavy atom. The average Bonchev–Trinajstić information content (AvgIpc) is 3.27. The minimum Gasteiger partial charge on any atom is -0.465 e. The van der Waals surface area contributed by atoms with Gasteiger partial charge in [0.25, 0.3) is 0 Å². The van der Waals surface area contributed by atoms with Crippen LogP contribution in [0.3, 0.4) is 0 Å². The lowest BCUT2D eigenvalue weighted by atomic mass is 10.2. The molecule has 0 aliphatic carbocycles. The lowest BCUT2D eigenvalue weighted by Gasteiger charge is -2.00. The predicted octanol–water partition coefficient (Wildman–Crippen LogP) is 3.67. The van der Waals surface area contributed by atoms with E-state index in [0.29, 0.717) is 22.8 Å². The van der Waals surface area contributed by atoms with Gasteiger partial charge in [0.05, 0.1) is 12.7 Å². The number of halogens is 1. The van der Waals surface area contributed by atoms with Crippen LogP contribution in [0.15, 0.2) is 59.3 Å². The SMILES string of the molecule is COC(=O)c1cn(Cc2nc(-c3cccc(F)c3)no2)c2ccccc12. The smallest absolute Gasteiger partial charge is 0.340 e. The highest BCUT2D eigenvalue weighted by atomic mass is 19.1. The summed E-state index contributed by atoms with van der Waals surface area (Å²) in [6, 6.07) is 13.5. The van der Waals surface area contributed by atoms with Crippen molar-refractivity contribution in [1.82, 2.24) is 14.7 Å². The fraction of sp³-hybridized carbons (Fsp3) is 0.105. The zero-order chi connectivity index (χ0) is 18.1. The van der Waals surface area contributed by atoms with Crippen LogP contribution in [0.5, 0.6) is 0 Å². The average molecular weight is 351 g/mol. The number of carbonyl (C=O) groups is 1. The molecule has 130 valence electrons. The molecule has 26 heavy (non-hydrogen) atoms. The summed E-state index contributed by atoms with van der Waals surface area (Å²) in [4.78, 5) is 16.3. The first-order chi connectivity index (χ1) is 12.7. The Kier molecular flexibility index (Phi) is 3.96. The highest BCUT2D eigenvalue weighted by molar-refractivity contribution is 6.04. The first kappa shape index (κ1) is 16.0. The molecule has 0 unspecified atom stereocenters. The highest BCUT2D eigenvalue weighted by Crippen LogP contribution is 2.23. The molecule has 2 heterocycles. The topological polar surface area (TPSA) is 70.2 Å². The van der Waals surface area contributed by atoms with Crippen LogP contribution in [0, 0.1) is 5.82 Å². The Hall–Kier alpha value is -3.48. The molecule has 0 bridgehead atoms. The maximum atomic E-state index is 13.4. The number of fused-ring (bicyclic) bond motifs is 1. The van der Waals surface area contributed by atoms with E-state index in [4.69, 9.17) is 9.26 Å². The number of methoxy groups -OCH3 is 1. The van der Waals surface area contributed by atoms with Gasteiger partial charge in [0, 0.05) is 22.7 Å². The minimum atomic E-state index is -0.411. The van der Waals surface area contributed by atoms with Crippen LogP contribution in [0.4, 0.5) is 4.39 Å². The number of hydrogen-bond acceptors (Lipinski definition) is 5. The van der Waals surface area contributed by atoms with Gasteiger partial charge >= 0.3 is 5.97 Å². The fourth-order valence-electron chi connectivity index (χ4n) is 2.86. The van der Waals surface area contributed by atoms with Crippen molar-refractivity contribution in [3.63, 3.8) is 0 Å². The van der Waals surface area contributed by atoms with Gasteiger partial charge in [-0.25, -0.2) is 9.18 Å². The molecular weight excluding hydrogens is 337 g/mol. The normalized spacial score (nSPS) is 11.0. The largest absolute Gasteiger partial charge is 0.465 e. The summed E-state index contributed by atoms with van der Waals surface area (Å²) >= 11 is 0. The molecular formula is C19H14FN3O3. The monoisotopic (exact) mass is 351 g/mol. The summed E-state index contributed by atoms with van der Waals surface area (Å²) < 4.78 is 25.3. The minimum absolute atomic E-state index is 0.278. The molecule has 4 rings (SSSR count). The van der Waals surface area contributed by atoms with Gasteiger partial charge in [0.1, 0.15) is 12.4 Å². The van der Waals surface area contributed by atoms with E-state index in [0.717, 1.165) is 10.9 Å². The molecule has 0 saturated carbocycles. The second kappa shape index (κ2) is 6.44. The Morgan fingerprint density at radius 2 is 2.08 bits per heavy atom. The van der Waals surface area contributed by atoms with Gasteiger partial charge in [0.2, 0.25) is 11.7 Å². The number of hydrogen-bond donors (Lipinski definition) is 0. The van der Waals surface area contributed by atoms with Crippen molar-refractivity contribution in [3.8, 4) is 11.4 Å².